The molecule has 7 heteroatoms. The summed E-state index contributed by atoms with van der Waals surface area (Å²) in [6, 6.07) is 0. The average molecular weight is 285 g/mol. The average Bonchev–Trinajstić information content (AvgIpc) is 2.37. The lowest BCUT2D eigenvalue weighted by molar-refractivity contribution is 0.0996. The molecule has 108 valence electrons. The maximum atomic E-state index is 10.2. The second-order valence-electron chi connectivity index (χ2n) is 4.74. The van der Waals surface area contributed by atoms with Crippen molar-refractivity contribution in [3.05, 3.63) is 11.4 Å². The van der Waals surface area contributed by atoms with Crippen LogP contribution >= 0.6 is 11.8 Å². The van der Waals surface area contributed by atoms with Crippen LogP contribution in [0.5, 0.6) is 0 Å². The van der Waals surface area contributed by atoms with Gasteiger partial charge in [-0.05, 0) is 20.1 Å². The molecule has 1 rings (SSSR count). The van der Waals surface area contributed by atoms with Gasteiger partial charge in [0.2, 0.25) is 0 Å². The van der Waals surface area contributed by atoms with Gasteiger partial charge in [0.1, 0.15) is 17.5 Å². The predicted molar refractivity (Wildman–Crippen MR) is 81.5 cm³/mol. The minimum absolute atomic E-state index is 0.429. The summed E-state index contributed by atoms with van der Waals surface area (Å²) in [6.45, 7) is 6.10. The van der Waals surface area contributed by atoms with Gasteiger partial charge in [-0.1, -0.05) is 6.92 Å². The van der Waals surface area contributed by atoms with Crippen molar-refractivity contribution in [2.45, 2.75) is 32.8 Å². The van der Waals surface area contributed by atoms with Crippen molar-refractivity contribution in [3.8, 4) is 0 Å². The summed E-state index contributed by atoms with van der Waals surface area (Å²) in [5.41, 5.74) is 2.64. The monoisotopic (exact) mass is 285 g/mol. The van der Waals surface area contributed by atoms with E-state index in [4.69, 9.17) is 5.84 Å². The van der Waals surface area contributed by atoms with Gasteiger partial charge in [-0.3, -0.25) is 0 Å². The van der Waals surface area contributed by atoms with Crippen molar-refractivity contribution in [3.63, 3.8) is 0 Å². The first-order valence-corrected chi connectivity index (χ1v) is 7.62. The summed E-state index contributed by atoms with van der Waals surface area (Å²) in [5.74, 6) is 8.14. The van der Waals surface area contributed by atoms with Crippen LogP contribution in [0, 0.1) is 6.92 Å². The Morgan fingerprint density at radius 2 is 2.00 bits per heavy atom. The fourth-order valence-corrected chi connectivity index (χ4v) is 2.39. The summed E-state index contributed by atoms with van der Waals surface area (Å²) in [5, 5.41) is 13.3. The number of nitrogens with one attached hydrogen (secondary N) is 2. The minimum atomic E-state index is -0.778. The van der Waals surface area contributed by atoms with Gasteiger partial charge in [0, 0.05) is 24.3 Å². The molecule has 0 aliphatic carbocycles. The van der Waals surface area contributed by atoms with Gasteiger partial charge in [0.25, 0.3) is 0 Å². The van der Waals surface area contributed by atoms with Gasteiger partial charge in [-0.2, -0.15) is 11.8 Å². The Morgan fingerprint density at radius 1 is 1.37 bits per heavy atom. The van der Waals surface area contributed by atoms with Gasteiger partial charge in [0.15, 0.2) is 0 Å². The Hall–Kier alpha value is -1.05. The van der Waals surface area contributed by atoms with Gasteiger partial charge < -0.3 is 15.8 Å². The number of rotatable bonds is 7. The number of nitrogens with zero attached hydrogens (tertiary/aromatic N) is 2. The van der Waals surface area contributed by atoms with E-state index in [9.17, 15) is 5.11 Å². The van der Waals surface area contributed by atoms with Crippen LogP contribution in [0.2, 0.25) is 0 Å². The quantitative estimate of drug-likeness (QED) is 0.441. The number of hydrogen-bond acceptors (Lipinski definition) is 7. The first-order chi connectivity index (χ1) is 8.93. The molecule has 0 amide bonds. The van der Waals surface area contributed by atoms with E-state index >= 15 is 0 Å². The molecule has 0 aliphatic rings. The summed E-state index contributed by atoms with van der Waals surface area (Å²) >= 11 is 1.61. The molecule has 0 saturated heterocycles. The van der Waals surface area contributed by atoms with Gasteiger partial charge in [-0.15, -0.1) is 0 Å². The third kappa shape index (κ3) is 4.52. The third-order valence-corrected chi connectivity index (χ3v) is 3.65. The van der Waals surface area contributed by atoms with Crippen LogP contribution in [-0.2, 0) is 6.42 Å². The summed E-state index contributed by atoms with van der Waals surface area (Å²) in [6.07, 6.45) is 2.70. The third-order valence-electron chi connectivity index (χ3n) is 2.74. The van der Waals surface area contributed by atoms with Crippen molar-refractivity contribution < 1.29 is 5.11 Å². The highest BCUT2D eigenvalue weighted by molar-refractivity contribution is 7.98. The molecule has 5 N–H and O–H groups in total. The van der Waals surface area contributed by atoms with Crippen molar-refractivity contribution in [1.29, 1.82) is 0 Å². The van der Waals surface area contributed by atoms with E-state index in [0.29, 0.717) is 29.8 Å². The molecule has 0 radical (unpaired) electrons. The van der Waals surface area contributed by atoms with Gasteiger partial charge >= 0.3 is 0 Å². The summed E-state index contributed by atoms with van der Waals surface area (Å²) in [7, 11) is 0. The van der Waals surface area contributed by atoms with E-state index in [1.165, 1.54) is 0 Å². The maximum Gasteiger partial charge on any atom is 0.148 e. The number of hydrogen-bond donors (Lipinski definition) is 4. The molecule has 19 heavy (non-hydrogen) atoms. The lowest BCUT2D eigenvalue weighted by atomic mass is 10.1. The number of anilines is 2. The number of nitrogen functional groups attached to an aromatic ring is 1. The Balaban J connectivity index is 2.88. The molecule has 0 spiro atoms. The van der Waals surface area contributed by atoms with Gasteiger partial charge in [0.05, 0.1) is 5.60 Å². The smallest absolute Gasteiger partial charge is 0.148 e. The Bertz CT molecular complexity index is 425. The highest BCUT2D eigenvalue weighted by Crippen LogP contribution is 2.20. The SMILES string of the molecule is CCc1nc(NN)c(C)c(NCC(C)(O)CSC)n1. The van der Waals surface area contributed by atoms with E-state index in [0.717, 1.165) is 12.0 Å². The van der Waals surface area contributed by atoms with Crippen LogP contribution in [0.25, 0.3) is 0 Å². The van der Waals surface area contributed by atoms with Crippen LogP contribution in [0.4, 0.5) is 11.6 Å². The zero-order valence-corrected chi connectivity index (χ0v) is 12.8. The zero-order valence-electron chi connectivity index (χ0n) is 11.9. The normalized spacial score (nSPS) is 14.0. The Labute approximate surface area is 118 Å². The molecule has 1 unspecified atom stereocenters. The van der Waals surface area contributed by atoms with Crippen LogP contribution in [0.3, 0.4) is 0 Å². The molecule has 0 fully saturated rings. The highest BCUT2D eigenvalue weighted by Gasteiger charge is 2.20. The summed E-state index contributed by atoms with van der Waals surface area (Å²) in [4.78, 5) is 8.72. The topological polar surface area (TPSA) is 96.1 Å². The van der Waals surface area contributed by atoms with Crippen LogP contribution < -0.4 is 16.6 Å². The van der Waals surface area contributed by atoms with E-state index in [1.54, 1.807) is 18.7 Å². The molecule has 1 aromatic rings. The maximum absolute atomic E-state index is 10.2. The molecular formula is C12H23N5OS. The number of aryl methyl sites for hydroxylation is 1. The number of aromatic nitrogens is 2. The number of aliphatic hydroxyl groups is 1. The highest BCUT2D eigenvalue weighted by atomic mass is 32.2. The predicted octanol–water partition coefficient (Wildman–Crippen LogP) is 1.16. The van der Waals surface area contributed by atoms with E-state index in [1.807, 2.05) is 20.1 Å². The van der Waals surface area contributed by atoms with Crippen molar-refractivity contribution in [1.82, 2.24) is 9.97 Å². The number of hydrazine groups is 1. The molecule has 6 nitrogen and oxygen atoms in total. The van der Waals surface area contributed by atoms with Gasteiger partial charge in [-0.25, -0.2) is 15.8 Å². The molecule has 0 bridgehead atoms. The van der Waals surface area contributed by atoms with E-state index in [-0.39, 0.29) is 0 Å². The van der Waals surface area contributed by atoms with Crippen LogP contribution in [0.1, 0.15) is 25.2 Å². The number of thioether (sulfide) groups is 1. The van der Waals surface area contributed by atoms with Crippen LogP contribution in [0.15, 0.2) is 0 Å². The molecule has 0 aliphatic heterocycles. The van der Waals surface area contributed by atoms with Crippen LogP contribution in [-0.4, -0.2) is 39.2 Å². The molecular weight excluding hydrogens is 262 g/mol. The fraction of sp³-hybridized carbons (Fsp3) is 0.667. The Morgan fingerprint density at radius 3 is 2.53 bits per heavy atom. The van der Waals surface area contributed by atoms with Crippen molar-refractivity contribution >= 4 is 23.4 Å². The molecule has 1 heterocycles. The fourth-order valence-electron chi connectivity index (χ4n) is 1.67. The minimum Gasteiger partial charge on any atom is -0.387 e. The summed E-state index contributed by atoms with van der Waals surface area (Å²) < 4.78 is 0. The van der Waals surface area contributed by atoms with E-state index < -0.39 is 5.60 Å². The second kappa shape index (κ2) is 6.93. The Kier molecular flexibility index (Phi) is 5.84. The second-order valence-corrected chi connectivity index (χ2v) is 5.61. The largest absolute Gasteiger partial charge is 0.387 e. The number of nitrogens with two attached hydrogens (primary N) is 1. The molecule has 0 saturated carbocycles. The zero-order chi connectivity index (χ0) is 14.5. The molecule has 1 aromatic heterocycles. The first-order valence-electron chi connectivity index (χ1n) is 6.22. The standard InChI is InChI=1S/C12H23N5OS/c1-5-9-15-10(8(2)11(16-9)17-13)14-6-12(3,18)7-19-4/h18H,5-7,13H2,1-4H3,(H2,14,15,16,17). The molecule has 0 aromatic carbocycles. The van der Waals surface area contributed by atoms with Crippen molar-refractivity contribution in [2.24, 2.45) is 5.84 Å². The first kappa shape index (κ1) is 16.0. The van der Waals surface area contributed by atoms with E-state index in [2.05, 4.69) is 20.7 Å². The molecule has 1 atom stereocenters. The van der Waals surface area contributed by atoms with Crippen molar-refractivity contribution in [2.75, 3.05) is 29.3 Å². The lowest BCUT2D eigenvalue weighted by Gasteiger charge is -2.23. The lowest BCUT2D eigenvalue weighted by Crippen LogP contribution is -2.36.